The van der Waals surface area contributed by atoms with Crippen molar-refractivity contribution in [2.75, 3.05) is 12.4 Å². The Hall–Kier alpha value is -1.63. The lowest BCUT2D eigenvalue weighted by atomic mass is 10.2. The third kappa shape index (κ3) is 3.23. The van der Waals surface area contributed by atoms with Crippen molar-refractivity contribution in [3.8, 4) is 5.75 Å². The largest absolute Gasteiger partial charge is 0.496 e. The number of carbonyl (C=O) groups is 1. The smallest absolute Gasteiger partial charge is 0.260 e. The first kappa shape index (κ1) is 13.8. The van der Waals surface area contributed by atoms with Crippen molar-refractivity contribution >= 4 is 34.3 Å². The van der Waals surface area contributed by atoms with Crippen molar-refractivity contribution in [3.05, 3.63) is 51.2 Å². The standard InChI is InChI=1S/C14H13IN2O2/c1-9-4-3-7-16-13(9)17-14(18)11-6-5-10(15)8-12(11)19-2/h3-8H,1-2H3,(H,16,17,18). The highest BCUT2D eigenvalue weighted by Gasteiger charge is 2.13. The van der Waals surface area contributed by atoms with Crippen LogP contribution in [-0.4, -0.2) is 18.0 Å². The van der Waals surface area contributed by atoms with Crippen LogP contribution >= 0.6 is 22.6 Å². The molecule has 1 amide bonds. The molecule has 5 heteroatoms. The summed E-state index contributed by atoms with van der Waals surface area (Å²) in [5.41, 5.74) is 1.41. The number of halogens is 1. The van der Waals surface area contributed by atoms with E-state index in [1.165, 1.54) is 0 Å². The molecular formula is C14H13IN2O2. The first-order chi connectivity index (χ1) is 9.11. The van der Waals surface area contributed by atoms with E-state index < -0.39 is 0 Å². The number of carbonyl (C=O) groups excluding carboxylic acids is 1. The van der Waals surface area contributed by atoms with Crippen LogP contribution < -0.4 is 10.1 Å². The van der Waals surface area contributed by atoms with Gasteiger partial charge in [0.15, 0.2) is 0 Å². The van der Waals surface area contributed by atoms with Crippen LogP contribution in [0.4, 0.5) is 5.82 Å². The van der Waals surface area contributed by atoms with E-state index in [-0.39, 0.29) is 5.91 Å². The van der Waals surface area contributed by atoms with Gasteiger partial charge in [0.25, 0.3) is 5.91 Å². The van der Waals surface area contributed by atoms with Crippen molar-refractivity contribution in [1.29, 1.82) is 0 Å². The number of pyridine rings is 1. The Morgan fingerprint density at radius 2 is 2.16 bits per heavy atom. The van der Waals surface area contributed by atoms with Crippen LogP contribution in [0.25, 0.3) is 0 Å². The molecule has 98 valence electrons. The van der Waals surface area contributed by atoms with Crippen molar-refractivity contribution in [1.82, 2.24) is 4.98 Å². The molecule has 0 unspecified atom stereocenters. The molecule has 0 spiro atoms. The summed E-state index contributed by atoms with van der Waals surface area (Å²) >= 11 is 2.17. The highest BCUT2D eigenvalue weighted by molar-refractivity contribution is 14.1. The van der Waals surface area contributed by atoms with Crippen LogP contribution in [0, 0.1) is 10.5 Å². The Bertz CT molecular complexity index is 614. The highest BCUT2D eigenvalue weighted by Crippen LogP contribution is 2.22. The van der Waals surface area contributed by atoms with E-state index in [2.05, 4.69) is 32.9 Å². The first-order valence-electron chi connectivity index (χ1n) is 5.68. The number of amides is 1. The van der Waals surface area contributed by atoms with E-state index in [4.69, 9.17) is 4.74 Å². The molecule has 2 aromatic rings. The minimum absolute atomic E-state index is 0.227. The van der Waals surface area contributed by atoms with Gasteiger partial charge in [-0.1, -0.05) is 6.07 Å². The maximum absolute atomic E-state index is 12.2. The molecule has 0 aliphatic heterocycles. The molecule has 2 rings (SSSR count). The van der Waals surface area contributed by atoms with Crippen molar-refractivity contribution in [2.45, 2.75) is 6.92 Å². The van der Waals surface area contributed by atoms with Gasteiger partial charge in [-0.05, 0) is 59.3 Å². The van der Waals surface area contributed by atoms with Gasteiger partial charge in [0.2, 0.25) is 0 Å². The second kappa shape index (κ2) is 6.01. The van der Waals surface area contributed by atoms with Gasteiger partial charge in [0.05, 0.1) is 12.7 Å². The monoisotopic (exact) mass is 368 g/mol. The average molecular weight is 368 g/mol. The van der Waals surface area contributed by atoms with Gasteiger partial charge in [-0.3, -0.25) is 4.79 Å². The Balaban J connectivity index is 2.28. The van der Waals surface area contributed by atoms with E-state index in [1.54, 1.807) is 19.4 Å². The van der Waals surface area contributed by atoms with Crippen LogP contribution in [0.15, 0.2) is 36.5 Å². The van der Waals surface area contributed by atoms with Crippen LogP contribution in [0.5, 0.6) is 5.75 Å². The molecule has 4 nitrogen and oxygen atoms in total. The number of methoxy groups -OCH3 is 1. The summed E-state index contributed by atoms with van der Waals surface area (Å²) in [5.74, 6) is 0.890. The summed E-state index contributed by atoms with van der Waals surface area (Å²) in [6.45, 7) is 1.90. The Morgan fingerprint density at radius 3 is 2.84 bits per heavy atom. The van der Waals surface area contributed by atoms with Gasteiger partial charge in [-0.15, -0.1) is 0 Å². The molecule has 1 aromatic heterocycles. The number of hydrogen-bond donors (Lipinski definition) is 1. The molecule has 0 aliphatic carbocycles. The fourth-order valence-corrected chi connectivity index (χ4v) is 2.11. The molecule has 0 bridgehead atoms. The van der Waals surface area contributed by atoms with Crippen LogP contribution in [0.3, 0.4) is 0 Å². The normalized spacial score (nSPS) is 10.1. The Morgan fingerprint density at radius 1 is 1.37 bits per heavy atom. The first-order valence-corrected chi connectivity index (χ1v) is 6.76. The summed E-state index contributed by atoms with van der Waals surface area (Å²) in [4.78, 5) is 16.4. The fourth-order valence-electron chi connectivity index (χ4n) is 1.64. The molecular weight excluding hydrogens is 355 g/mol. The van der Waals surface area contributed by atoms with Gasteiger partial charge in [-0.2, -0.15) is 0 Å². The molecule has 0 fully saturated rings. The number of nitrogens with one attached hydrogen (secondary N) is 1. The second-order valence-electron chi connectivity index (χ2n) is 3.97. The minimum atomic E-state index is -0.227. The number of aryl methyl sites for hydroxylation is 1. The quantitative estimate of drug-likeness (QED) is 0.847. The number of benzene rings is 1. The molecule has 0 saturated carbocycles. The molecule has 0 radical (unpaired) electrons. The van der Waals surface area contributed by atoms with E-state index >= 15 is 0 Å². The maximum Gasteiger partial charge on any atom is 0.260 e. The van der Waals surface area contributed by atoms with Crippen LogP contribution in [-0.2, 0) is 0 Å². The van der Waals surface area contributed by atoms with Gasteiger partial charge in [0, 0.05) is 9.77 Å². The average Bonchev–Trinajstić information content (AvgIpc) is 2.41. The van der Waals surface area contributed by atoms with Crippen molar-refractivity contribution in [2.24, 2.45) is 0 Å². The number of nitrogens with zero attached hydrogens (tertiary/aromatic N) is 1. The lowest BCUT2D eigenvalue weighted by Crippen LogP contribution is -2.15. The third-order valence-electron chi connectivity index (χ3n) is 2.65. The molecule has 0 saturated heterocycles. The van der Waals surface area contributed by atoms with Crippen LogP contribution in [0.1, 0.15) is 15.9 Å². The topological polar surface area (TPSA) is 51.2 Å². The zero-order valence-corrected chi connectivity index (χ0v) is 12.8. The SMILES string of the molecule is COc1cc(I)ccc1C(=O)Nc1ncccc1C. The van der Waals surface area contributed by atoms with E-state index in [0.717, 1.165) is 9.13 Å². The predicted molar refractivity (Wildman–Crippen MR) is 82.6 cm³/mol. The Kier molecular flexibility index (Phi) is 4.36. The summed E-state index contributed by atoms with van der Waals surface area (Å²) in [6.07, 6.45) is 1.65. The van der Waals surface area contributed by atoms with E-state index in [9.17, 15) is 4.79 Å². The number of hydrogen-bond acceptors (Lipinski definition) is 3. The lowest BCUT2D eigenvalue weighted by Gasteiger charge is -2.10. The lowest BCUT2D eigenvalue weighted by molar-refractivity contribution is 0.102. The fraction of sp³-hybridized carbons (Fsp3) is 0.143. The zero-order chi connectivity index (χ0) is 13.8. The number of rotatable bonds is 3. The van der Waals surface area contributed by atoms with Crippen molar-refractivity contribution < 1.29 is 9.53 Å². The number of anilines is 1. The number of ether oxygens (including phenoxy) is 1. The maximum atomic E-state index is 12.2. The minimum Gasteiger partial charge on any atom is -0.496 e. The highest BCUT2D eigenvalue weighted by atomic mass is 127. The van der Waals surface area contributed by atoms with E-state index in [1.807, 2.05) is 31.2 Å². The van der Waals surface area contributed by atoms with Crippen molar-refractivity contribution in [3.63, 3.8) is 0 Å². The summed E-state index contributed by atoms with van der Waals surface area (Å²) in [7, 11) is 1.55. The summed E-state index contributed by atoms with van der Waals surface area (Å²) < 4.78 is 6.24. The Labute approximate surface area is 125 Å². The molecule has 1 N–H and O–H groups in total. The molecule has 0 aliphatic rings. The molecule has 1 heterocycles. The summed E-state index contributed by atoms with van der Waals surface area (Å²) in [5, 5.41) is 2.79. The van der Waals surface area contributed by atoms with Gasteiger partial charge < -0.3 is 10.1 Å². The predicted octanol–water partition coefficient (Wildman–Crippen LogP) is 3.26. The zero-order valence-electron chi connectivity index (χ0n) is 10.6. The molecule has 19 heavy (non-hydrogen) atoms. The van der Waals surface area contributed by atoms with Crippen LogP contribution in [0.2, 0.25) is 0 Å². The van der Waals surface area contributed by atoms with E-state index in [0.29, 0.717) is 17.1 Å². The molecule has 1 aromatic carbocycles. The van der Waals surface area contributed by atoms with Gasteiger partial charge >= 0.3 is 0 Å². The molecule has 0 atom stereocenters. The van der Waals surface area contributed by atoms with Gasteiger partial charge in [0.1, 0.15) is 11.6 Å². The second-order valence-corrected chi connectivity index (χ2v) is 5.21. The number of aromatic nitrogens is 1. The summed E-state index contributed by atoms with van der Waals surface area (Å²) in [6, 6.07) is 9.16. The third-order valence-corrected chi connectivity index (χ3v) is 3.32. The van der Waals surface area contributed by atoms with Gasteiger partial charge in [-0.25, -0.2) is 4.98 Å².